The number of hydrogen-bond acceptors (Lipinski definition) is 8. The van der Waals surface area contributed by atoms with Crippen molar-refractivity contribution in [3.63, 3.8) is 0 Å². The molecule has 13 heteroatoms. The number of aliphatic hydroxyl groups excluding tert-OH is 1. The lowest BCUT2D eigenvalue weighted by molar-refractivity contribution is -0.142. The number of phenolic OH excluding ortho intramolecular Hbond substituents is 1. The molecule has 0 bridgehead atoms. The minimum absolute atomic E-state index is 0.0190. The highest BCUT2D eigenvalue weighted by molar-refractivity contribution is 5.94. The van der Waals surface area contributed by atoms with Crippen molar-refractivity contribution in [2.24, 2.45) is 5.73 Å². The maximum absolute atomic E-state index is 12.9. The zero-order valence-electron chi connectivity index (χ0n) is 18.4. The predicted octanol–water partition coefficient (Wildman–Crippen LogP) is -2.22. The van der Waals surface area contributed by atoms with Gasteiger partial charge in [-0.3, -0.25) is 19.2 Å². The Balaban J connectivity index is 2.08. The van der Waals surface area contributed by atoms with E-state index in [-0.39, 0.29) is 18.6 Å². The van der Waals surface area contributed by atoms with Gasteiger partial charge in [-0.2, -0.15) is 0 Å². The monoisotopic (exact) mass is 476 g/mol. The second-order valence-electron chi connectivity index (χ2n) is 7.63. The number of carbonyl (C=O) groups excluding carboxylic acids is 3. The predicted molar refractivity (Wildman–Crippen MR) is 118 cm³/mol. The Morgan fingerprint density at radius 2 is 1.62 bits per heavy atom. The number of benzene rings is 1. The normalized spacial score (nSPS) is 14.3. The second-order valence-corrected chi connectivity index (χ2v) is 7.63. The van der Waals surface area contributed by atoms with Crippen molar-refractivity contribution in [2.75, 3.05) is 6.61 Å². The maximum Gasteiger partial charge on any atom is 0.325 e. The maximum atomic E-state index is 12.9. The fraction of sp³-hybridized carbons (Fsp3) is 0.381. The number of hydrogen-bond donors (Lipinski definition) is 8. The minimum Gasteiger partial charge on any atom is -0.508 e. The average Bonchev–Trinajstić information content (AvgIpc) is 3.31. The van der Waals surface area contributed by atoms with Gasteiger partial charge < -0.3 is 42.0 Å². The molecule has 2 aromatic rings. The number of aromatic amines is 1. The van der Waals surface area contributed by atoms with E-state index in [1.165, 1.54) is 31.6 Å². The molecule has 3 amide bonds. The van der Waals surface area contributed by atoms with E-state index in [2.05, 4.69) is 25.9 Å². The highest BCUT2D eigenvalue weighted by Crippen LogP contribution is 2.11. The smallest absolute Gasteiger partial charge is 0.325 e. The van der Waals surface area contributed by atoms with Crippen LogP contribution < -0.4 is 21.7 Å². The van der Waals surface area contributed by atoms with E-state index in [0.29, 0.717) is 11.3 Å². The van der Waals surface area contributed by atoms with Gasteiger partial charge in [0.2, 0.25) is 17.7 Å². The molecule has 34 heavy (non-hydrogen) atoms. The fourth-order valence-electron chi connectivity index (χ4n) is 2.93. The van der Waals surface area contributed by atoms with Crippen LogP contribution in [0.2, 0.25) is 0 Å². The van der Waals surface area contributed by atoms with Crippen LogP contribution in [0.3, 0.4) is 0 Å². The summed E-state index contributed by atoms with van der Waals surface area (Å²) in [4.78, 5) is 55.4. The molecule has 0 saturated carbocycles. The summed E-state index contributed by atoms with van der Waals surface area (Å²) in [5.74, 6) is -3.56. The van der Waals surface area contributed by atoms with E-state index < -0.39 is 54.5 Å². The van der Waals surface area contributed by atoms with Crippen molar-refractivity contribution >= 4 is 23.7 Å². The van der Waals surface area contributed by atoms with Crippen LogP contribution in [-0.4, -0.2) is 79.8 Å². The number of phenols is 1. The van der Waals surface area contributed by atoms with Gasteiger partial charge in [-0.05, 0) is 31.0 Å². The zero-order chi connectivity index (χ0) is 25.3. The van der Waals surface area contributed by atoms with Crippen LogP contribution in [0.1, 0.15) is 18.2 Å². The standard InChI is InChI=1S/C21H28N6O7/c1-11(21(33)34)25-20(32)17(9-28)27-19(31)16(7-13-8-23-10-24-13)26-18(30)15(22)6-12-2-4-14(29)5-3-12/h2-5,8,10-11,15-17,28-29H,6-7,9,22H2,1H3,(H,23,24)(H,25,32)(H,26,30)(H,27,31)(H,33,34). The Morgan fingerprint density at radius 1 is 1.00 bits per heavy atom. The number of rotatable bonds is 12. The fourth-order valence-corrected chi connectivity index (χ4v) is 2.93. The first kappa shape index (κ1) is 26.3. The van der Waals surface area contributed by atoms with E-state index in [0.717, 1.165) is 0 Å². The summed E-state index contributed by atoms with van der Waals surface area (Å²) in [7, 11) is 0. The first-order valence-corrected chi connectivity index (χ1v) is 10.4. The molecule has 0 spiro atoms. The van der Waals surface area contributed by atoms with Gasteiger partial charge in [-0.1, -0.05) is 12.1 Å². The molecule has 0 aliphatic rings. The number of aromatic hydroxyl groups is 1. The number of aliphatic hydroxyl groups is 1. The Hall–Kier alpha value is -3.97. The van der Waals surface area contributed by atoms with Gasteiger partial charge in [-0.25, -0.2) is 4.98 Å². The molecule has 13 nitrogen and oxygen atoms in total. The molecule has 4 unspecified atom stereocenters. The molecule has 0 aliphatic heterocycles. The van der Waals surface area contributed by atoms with Crippen molar-refractivity contribution in [3.05, 3.63) is 48.0 Å². The number of nitrogens with zero attached hydrogens (tertiary/aromatic N) is 1. The molecule has 1 heterocycles. The average molecular weight is 476 g/mol. The summed E-state index contributed by atoms with van der Waals surface area (Å²) >= 11 is 0. The van der Waals surface area contributed by atoms with Crippen molar-refractivity contribution in [2.45, 2.75) is 43.9 Å². The van der Waals surface area contributed by atoms with Crippen LogP contribution in [0, 0.1) is 0 Å². The van der Waals surface area contributed by atoms with Crippen molar-refractivity contribution < 1.29 is 34.5 Å². The first-order valence-electron chi connectivity index (χ1n) is 10.4. The van der Waals surface area contributed by atoms with Gasteiger partial charge >= 0.3 is 5.97 Å². The molecule has 1 aromatic carbocycles. The molecule has 1 aromatic heterocycles. The Morgan fingerprint density at radius 3 is 2.18 bits per heavy atom. The third-order valence-corrected chi connectivity index (χ3v) is 4.89. The van der Waals surface area contributed by atoms with Crippen molar-refractivity contribution in [1.29, 1.82) is 0 Å². The van der Waals surface area contributed by atoms with E-state index in [1.807, 2.05) is 0 Å². The Kier molecular flexibility index (Phi) is 9.52. The topological polar surface area (TPSA) is 220 Å². The van der Waals surface area contributed by atoms with Crippen molar-refractivity contribution in [3.8, 4) is 5.75 Å². The van der Waals surface area contributed by atoms with Gasteiger partial charge in [0.25, 0.3) is 0 Å². The lowest BCUT2D eigenvalue weighted by Gasteiger charge is -2.23. The number of H-pyrrole nitrogens is 1. The lowest BCUT2D eigenvalue weighted by Crippen LogP contribution is -2.58. The van der Waals surface area contributed by atoms with Gasteiger partial charge in [0, 0.05) is 18.3 Å². The van der Waals surface area contributed by atoms with E-state index in [4.69, 9.17) is 10.8 Å². The number of amides is 3. The quantitative estimate of drug-likeness (QED) is 0.166. The Bertz CT molecular complexity index is 980. The summed E-state index contributed by atoms with van der Waals surface area (Å²) in [6.07, 6.45) is 2.96. The number of aromatic nitrogens is 2. The Labute approximate surface area is 194 Å². The van der Waals surface area contributed by atoms with Gasteiger partial charge in [0.05, 0.1) is 19.0 Å². The lowest BCUT2D eigenvalue weighted by atomic mass is 10.0. The minimum atomic E-state index is -1.44. The second kappa shape index (κ2) is 12.3. The van der Waals surface area contributed by atoms with E-state index in [1.54, 1.807) is 12.1 Å². The SMILES string of the molecule is CC(NC(=O)C(CO)NC(=O)C(Cc1cnc[nH]1)NC(=O)C(N)Cc1ccc(O)cc1)C(=O)O. The third-order valence-electron chi connectivity index (χ3n) is 4.89. The zero-order valence-corrected chi connectivity index (χ0v) is 18.4. The number of carboxylic acid groups (broad SMARTS) is 1. The summed E-state index contributed by atoms with van der Waals surface area (Å²) in [6.45, 7) is 0.433. The van der Waals surface area contributed by atoms with E-state index >= 15 is 0 Å². The summed E-state index contributed by atoms with van der Waals surface area (Å²) < 4.78 is 0. The van der Waals surface area contributed by atoms with Gasteiger partial charge in [-0.15, -0.1) is 0 Å². The summed E-state index contributed by atoms with van der Waals surface area (Å²) in [5, 5.41) is 34.8. The molecule has 2 rings (SSSR count). The molecular formula is C21H28N6O7. The van der Waals surface area contributed by atoms with Gasteiger partial charge in [0.1, 0.15) is 23.9 Å². The van der Waals surface area contributed by atoms with Crippen LogP contribution in [0.4, 0.5) is 0 Å². The van der Waals surface area contributed by atoms with E-state index in [9.17, 15) is 29.4 Å². The highest BCUT2D eigenvalue weighted by atomic mass is 16.4. The molecule has 0 saturated heterocycles. The molecule has 0 radical (unpaired) electrons. The number of aliphatic carboxylic acids is 1. The molecular weight excluding hydrogens is 448 g/mol. The summed E-state index contributed by atoms with van der Waals surface area (Å²) in [5.41, 5.74) is 7.19. The number of carboxylic acids is 1. The van der Waals surface area contributed by atoms with Crippen LogP contribution in [0.25, 0.3) is 0 Å². The molecule has 0 aliphatic carbocycles. The largest absolute Gasteiger partial charge is 0.508 e. The van der Waals surface area contributed by atoms with Crippen LogP contribution >= 0.6 is 0 Å². The third kappa shape index (κ3) is 7.86. The molecule has 4 atom stereocenters. The summed E-state index contributed by atoms with van der Waals surface area (Å²) in [6, 6.07) is 1.25. The highest BCUT2D eigenvalue weighted by Gasteiger charge is 2.29. The molecule has 9 N–H and O–H groups in total. The first-order chi connectivity index (χ1) is 16.1. The number of imidazole rings is 1. The van der Waals surface area contributed by atoms with Crippen LogP contribution in [0.15, 0.2) is 36.8 Å². The number of carbonyl (C=O) groups is 4. The molecule has 184 valence electrons. The number of nitrogens with one attached hydrogen (secondary N) is 4. The van der Waals surface area contributed by atoms with Gasteiger partial charge in [0.15, 0.2) is 0 Å². The molecule has 0 fully saturated rings. The number of nitrogens with two attached hydrogens (primary N) is 1. The van der Waals surface area contributed by atoms with Crippen LogP contribution in [-0.2, 0) is 32.0 Å². The van der Waals surface area contributed by atoms with Crippen molar-refractivity contribution in [1.82, 2.24) is 25.9 Å². The van der Waals surface area contributed by atoms with Crippen LogP contribution in [0.5, 0.6) is 5.75 Å².